The Labute approximate surface area is 119 Å². The number of benzene rings is 1. The van der Waals surface area contributed by atoms with Crippen LogP contribution in [0.25, 0.3) is 0 Å². The van der Waals surface area contributed by atoms with Crippen LogP contribution in [-0.2, 0) is 0 Å². The van der Waals surface area contributed by atoms with Crippen LogP contribution in [0.15, 0.2) is 18.2 Å². The molecule has 1 aromatic rings. The molecule has 0 aromatic heterocycles. The predicted octanol–water partition coefficient (Wildman–Crippen LogP) is 1.70. The molecule has 0 saturated heterocycles. The third-order valence-corrected chi connectivity index (χ3v) is 3.87. The molecule has 1 aliphatic rings. The van der Waals surface area contributed by atoms with Crippen molar-refractivity contribution < 1.29 is 14.6 Å². The number of hydrogen-bond acceptors (Lipinski definition) is 4. The average Bonchev–Trinajstić information content (AvgIpc) is 2.45. The maximum atomic E-state index is 12.1. The van der Waals surface area contributed by atoms with E-state index in [4.69, 9.17) is 10.5 Å². The van der Waals surface area contributed by atoms with Gasteiger partial charge in [0.05, 0.1) is 18.3 Å². The summed E-state index contributed by atoms with van der Waals surface area (Å²) in [6.07, 6.45) is 4.66. The van der Waals surface area contributed by atoms with Gasteiger partial charge in [-0.3, -0.25) is 4.79 Å². The van der Waals surface area contributed by atoms with Crippen LogP contribution in [0.2, 0.25) is 0 Å². The minimum absolute atomic E-state index is 0.260. The molecule has 2 rings (SSSR count). The van der Waals surface area contributed by atoms with Crippen LogP contribution < -0.4 is 15.8 Å². The molecule has 0 atom stereocenters. The summed E-state index contributed by atoms with van der Waals surface area (Å²) in [6, 6.07) is 4.94. The van der Waals surface area contributed by atoms with Crippen LogP contribution in [-0.4, -0.2) is 30.3 Å². The molecular formula is C15H22N2O3. The fourth-order valence-electron chi connectivity index (χ4n) is 2.60. The Morgan fingerprint density at radius 1 is 1.40 bits per heavy atom. The highest BCUT2D eigenvalue weighted by Crippen LogP contribution is 2.27. The van der Waals surface area contributed by atoms with Crippen molar-refractivity contribution in [3.05, 3.63) is 23.8 Å². The zero-order valence-corrected chi connectivity index (χ0v) is 11.8. The number of nitrogen functional groups attached to an aromatic ring is 1. The Bertz CT molecular complexity index is 482. The second-order valence-corrected chi connectivity index (χ2v) is 5.42. The van der Waals surface area contributed by atoms with E-state index < -0.39 is 5.60 Å². The molecule has 1 aliphatic carbocycles. The first-order valence-corrected chi connectivity index (χ1v) is 6.98. The Morgan fingerprint density at radius 3 is 2.70 bits per heavy atom. The number of nitrogens with two attached hydrogens (primary N) is 1. The second kappa shape index (κ2) is 6.13. The number of anilines is 1. The Kier molecular flexibility index (Phi) is 4.49. The molecule has 0 spiro atoms. The third-order valence-electron chi connectivity index (χ3n) is 3.87. The predicted molar refractivity (Wildman–Crippen MR) is 77.8 cm³/mol. The van der Waals surface area contributed by atoms with Crippen LogP contribution in [0.4, 0.5) is 5.69 Å². The summed E-state index contributed by atoms with van der Waals surface area (Å²) in [4.78, 5) is 12.1. The van der Waals surface area contributed by atoms with Crippen LogP contribution in [0.1, 0.15) is 42.5 Å². The number of aliphatic hydroxyl groups is 1. The largest absolute Gasteiger partial charge is 0.497 e. The quantitative estimate of drug-likeness (QED) is 0.732. The number of methoxy groups -OCH3 is 1. The molecule has 0 heterocycles. The molecule has 5 nitrogen and oxygen atoms in total. The number of amides is 1. The molecule has 4 N–H and O–H groups in total. The maximum absolute atomic E-state index is 12.1. The molecule has 1 amide bonds. The van der Waals surface area contributed by atoms with Gasteiger partial charge in [0.25, 0.3) is 5.91 Å². The molecule has 1 aromatic carbocycles. The molecule has 0 radical (unpaired) electrons. The molecule has 0 aliphatic heterocycles. The summed E-state index contributed by atoms with van der Waals surface area (Å²) >= 11 is 0. The highest BCUT2D eigenvalue weighted by Gasteiger charge is 2.29. The third kappa shape index (κ3) is 3.42. The molecule has 1 saturated carbocycles. The van der Waals surface area contributed by atoms with Crippen molar-refractivity contribution in [3.63, 3.8) is 0 Å². The summed E-state index contributed by atoms with van der Waals surface area (Å²) in [5, 5.41) is 13.1. The van der Waals surface area contributed by atoms with E-state index in [0.29, 0.717) is 17.0 Å². The van der Waals surface area contributed by atoms with Gasteiger partial charge >= 0.3 is 0 Å². The second-order valence-electron chi connectivity index (χ2n) is 5.42. The van der Waals surface area contributed by atoms with Gasteiger partial charge in [-0.25, -0.2) is 0 Å². The Morgan fingerprint density at radius 2 is 2.10 bits per heavy atom. The van der Waals surface area contributed by atoms with E-state index in [1.165, 1.54) is 0 Å². The summed E-state index contributed by atoms with van der Waals surface area (Å²) in [5.74, 6) is 0.356. The van der Waals surface area contributed by atoms with E-state index in [1.807, 2.05) is 0 Å². The van der Waals surface area contributed by atoms with Gasteiger partial charge in [0.2, 0.25) is 0 Å². The van der Waals surface area contributed by atoms with Gasteiger partial charge in [0.15, 0.2) is 0 Å². The molecule has 5 heteroatoms. The summed E-state index contributed by atoms with van der Waals surface area (Å²) < 4.78 is 5.05. The molecular weight excluding hydrogens is 256 g/mol. The molecule has 110 valence electrons. The zero-order valence-electron chi connectivity index (χ0n) is 11.8. The van der Waals surface area contributed by atoms with Crippen LogP contribution in [0, 0.1) is 0 Å². The highest BCUT2D eigenvalue weighted by molar-refractivity contribution is 5.99. The van der Waals surface area contributed by atoms with Crippen molar-refractivity contribution >= 4 is 11.6 Å². The van der Waals surface area contributed by atoms with E-state index in [0.717, 1.165) is 32.1 Å². The number of hydrogen-bond donors (Lipinski definition) is 3. The zero-order chi connectivity index (χ0) is 14.6. The summed E-state index contributed by atoms with van der Waals surface area (Å²) in [7, 11) is 1.55. The van der Waals surface area contributed by atoms with Gasteiger partial charge in [-0.2, -0.15) is 0 Å². The van der Waals surface area contributed by atoms with Crippen molar-refractivity contribution in [2.75, 3.05) is 19.4 Å². The van der Waals surface area contributed by atoms with Crippen molar-refractivity contribution in [1.29, 1.82) is 0 Å². The monoisotopic (exact) mass is 278 g/mol. The fraction of sp³-hybridized carbons (Fsp3) is 0.533. The highest BCUT2D eigenvalue weighted by atomic mass is 16.5. The lowest BCUT2D eigenvalue weighted by Crippen LogP contribution is -2.44. The SMILES string of the molecule is COc1ccc(C(=O)NCC2(O)CCCCC2)c(N)c1. The molecule has 0 bridgehead atoms. The first-order chi connectivity index (χ1) is 9.54. The van der Waals surface area contributed by atoms with E-state index >= 15 is 0 Å². The van der Waals surface area contributed by atoms with Gasteiger partial charge in [-0.15, -0.1) is 0 Å². The normalized spacial score (nSPS) is 17.5. The van der Waals surface area contributed by atoms with Gasteiger partial charge in [0, 0.05) is 18.3 Å². The van der Waals surface area contributed by atoms with Crippen molar-refractivity contribution in [2.24, 2.45) is 0 Å². The summed E-state index contributed by atoms with van der Waals surface area (Å²) in [5.41, 5.74) is 5.85. The number of rotatable bonds is 4. The number of ether oxygens (including phenoxy) is 1. The van der Waals surface area contributed by atoms with Crippen molar-refractivity contribution in [1.82, 2.24) is 5.32 Å². The first-order valence-electron chi connectivity index (χ1n) is 6.98. The average molecular weight is 278 g/mol. The first kappa shape index (κ1) is 14.7. The Balaban J connectivity index is 1.98. The van der Waals surface area contributed by atoms with Crippen LogP contribution in [0.5, 0.6) is 5.75 Å². The van der Waals surface area contributed by atoms with E-state index in [-0.39, 0.29) is 12.5 Å². The van der Waals surface area contributed by atoms with Crippen LogP contribution in [0.3, 0.4) is 0 Å². The number of carbonyl (C=O) groups is 1. The minimum Gasteiger partial charge on any atom is -0.497 e. The topological polar surface area (TPSA) is 84.6 Å². The van der Waals surface area contributed by atoms with E-state index in [1.54, 1.807) is 25.3 Å². The van der Waals surface area contributed by atoms with Crippen molar-refractivity contribution in [2.45, 2.75) is 37.7 Å². The van der Waals surface area contributed by atoms with Gasteiger partial charge in [0.1, 0.15) is 5.75 Å². The molecule has 20 heavy (non-hydrogen) atoms. The van der Waals surface area contributed by atoms with Gasteiger partial charge in [-0.1, -0.05) is 19.3 Å². The maximum Gasteiger partial charge on any atom is 0.253 e. The smallest absolute Gasteiger partial charge is 0.253 e. The standard InChI is InChI=1S/C15H22N2O3/c1-20-11-5-6-12(13(16)9-11)14(18)17-10-15(19)7-3-2-4-8-15/h5-6,9,19H,2-4,7-8,10,16H2,1H3,(H,17,18). The fourth-order valence-corrected chi connectivity index (χ4v) is 2.60. The lowest BCUT2D eigenvalue weighted by Gasteiger charge is -2.32. The molecule has 0 unspecified atom stereocenters. The number of carbonyl (C=O) groups excluding carboxylic acids is 1. The molecule has 1 fully saturated rings. The van der Waals surface area contributed by atoms with E-state index in [2.05, 4.69) is 5.32 Å². The number of nitrogens with one attached hydrogen (secondary N) is 1. The Hall–Kier alpha value is -1.75. The lowest BCUT2D eigenvalue weighted by molar-refractivity contribution is 0.00526. The minimum atomic E-state index is -0.769. The van der Waals surface area contributed by atoms with Crippen molar-refractivity contribution in [3.8, 4) is 5.75 Å². The van der Waals surface area contributed by atoms with Gasteiger partial charge < -0.3 is 20.9 Å². The van der Waals surface area contributed by atoms with Crippen LogP contribution >= 0.6 is 0 Å². The van der Waals surface area contributed by atoms with Gasteiger partial charge in [-0.05, 0) is 25.0 Å². The lowest BCUT2D eigenvalue weighted by atomic mass is 9.85. The summed E-state index contributed by atoms with van der Waals surface area (Å²) in [6.45, 7) is 0.275. The van der Waals surface area contributed by atoms with E-state index in [9.17, 15) is 9.90 Å².